The number of piperazine rings is 1. The van der Waals surface area contributed by atoms with Gasteiger partial charge in [-0.1, -0.05) is 34.1 Å². The van der Waals surface area contributed by atoms with Gasteiger partial charge in [-0.3, -0.25) is 4.90 Å². The average molecular weight is 252 g/mol. The molecule has 0 aromatic rings. The van der Waals surface area contributed by atoms with Crippen LogP contribution >= 0.6 is 0 Å². The molecule has 1 aliphatic carbocycles. The van der Waals surface area contributed by atoms with Crippen molar-refractivity contribution in [1.29, 1.82) is 0 Å². The van der Waals surface area contributed by atoms with Gasteiger partial charge in [-0.15, -0.1) is 0 Å². The van der Waals surface area contributed by atoms with Gasteiger partial charge in [-0.25, -0.2) is 0 Å². The molecule has 0 spiro atoms. The molecule has 1 N–H and O–H groups in total. The first-order valence-corrected chi connectivity index (χ1v) is 8.13. The first-order valence-electron chi connectivity index (χ1n) is 8.13. The normalized spacial score (nSPS) is 30.3. The molecule has 2 nitrogen and oxygen atoms in total. The number of hydrogen-bond donors (Lipinski definition) is 1. The van der Waals surface area contributed by atoms with E-state index in [0.717, 1.165) is 11.8 Å². The lowest BCUT2D eigenvalue weighted by Crippen LogP contribution is -2.65. The van der Waals surface area contributed by atoms with Crippen molar-refractivity contribution in [2.75, 3.05) is 19.6 Å². The van der Waals surface area contributed by atoms with Crippen molar-refractivity contribution in [2.45, 2.75) is 71.4 Å². The number of nitrogens with one attached hydrogen (secondary N) is 1. The minimum absolute atomic E-state index is 0.437. The van der Waals surface area contributed by atoms with Crippen LogP contribution in [0, 0.1) is 11.8 Å². The summed E-state index contributed by atoms with van der Waals surface area (Å²) in [6.07, 6.45) is 6.82. The summed E-state index contributed by atoms with van der Waals surface area (Å²) in [4.78, 5) is 2.85. The second kappa shape index (κ2) is 5.92. The molecule has 0 aromatic carbocycles. The zero-order valence-corrected chi connectivity index (χ0v) is 12.8. The van der Waals surface area contributed by atoms with E-state index in [4.69, 9.17) is 0 Å². The zero-order chi connectivity index (χ0) is 13.2. The van der Waals surface area contributed by atoms with E-state index >= 15 is 0 Å². The Morgan fingerprint density at radius 2 is 1.89 bits per heavy atom. The van der Waals surface area contributed by atoms with E-state index in [-0.39, 0.29) is 0 Å². The van der Waals surface area contributed by atoms with Gasteiger partial charge >= 0.3 is 0 Å². The number of nitrogens with zero attached hydrogens (tertiary/aromatic N) is 1. The molecule has 2 unspecified atom stereocenters. The molecular formula is C16H32N2. The van der Waals surface area contributed by atoms with Crippen molar-refractivity contribution in [3.8, 4) is 0 Å². The highest BCUT2D eigenvalue weighted by molar-refractivity contribution is 4.99. The Hall–Kier alpha value is -0.0800. The molecule has 2 aliphatic rings. The maximum atomic E-state index is 3.84. The first kappa shape index (κ1) is 14.3. The predicted octanol–water partition coefficient (Wildman–Crippen LogP) is 3.28. The molecular weight excluding hydrogens is 220 g/mol. The molecule has 1 saturated heterocycles. The van der Waals surface area contributed by atoms with Crippen LogP contribution < -0.4 is 5.32 Å². The van der Waals surface area contributed by atoms with E-state index in [1.807, 2.05) is 0 Å². The van der Waals surface area contributed by atoms with E-state index in [0.29, 0.717) is 11.6 Å². The lowest BCUT2D eigenvalue weighted by atomic mass is 9.84. The van der Waals surface area contributed by atoms with Gasteiger partial charge in [0.25, 0.3) is 0 Å². The standard InChI is InChI=1S/C16H32N2/c1-5-13(4)15-11-18(10-14-8-9-14)16(6-2,7-3)12-17-15/h13-15,17H,5-12H2,1-4H3. The van der Waals surface area contributed by atoms with Crippen molar-refractivity contribution >= 4 is 0 Å². The van der Waals surface area contributed by atoms with Gasteiger partial charge in [0.15, 0.2) is 0 Å². The van der Waals surface area contributed by atoms with E-state index in [2.05, 4.69) is 37.9 Å². The summed E-state index contributed by atoms with van der Waals surface area (Å²) in [5.74, 6) is 1.82. The van der Waals surface area contributed by atoms with Crippen molar-refractivity contribution in [3.63, 3.8) is 0 Å². The van der Waals surface area contributed by atoms with Crippen LogP contribution in [0.25, 0.3) is 0 Å². The van der Waals surface area contributed by atoms with Gasteiger partial charge in [0.1, 0.15) is 0 Å². The summed E-state index contributed by atoms with van der Waals surface area (Å²) in [7, 11) is 0. The predicted molar refractivity (Wildman–Crippen MR) is 78.9 cm³/mol. The third kappa shape index (κ3) is 2.91. The third-order valence-electron chi connectivity index (χ3n) is 5.60. The zero-order valence-electron chi connectivity index (χ0n) is 12.8. The van der Waals surface area contributed by atoms with Crippen LogP contribution in [0.1, 0.15) is 59.8 Å². The van der Waals surface area contributed by atoms with Crippen molar-refractivity contribution in [1.82, 2.24) is 10.2 Å². The molecule has 2 fully saturated rings. The SMILES string of the molecule is CCC(C)C1CN(CC2CC2)C(CC)(CC)CN1. The number of rotatable bonds is 6. The highest BCUT2D eigenvalue weighted by Gasteiger charge is 2.41. The lowest BCUT2D eigenvalue weighted by molar-refractivity contribution is 0.0167. The summed E-state index contributed by atoms with van der Waals surface area (Å²) >= 11 is 0. The Kier molecular flexibility index (Phi) is 4.71. The van der Waals surface area contributed by atoms with E-state index in [1.54, 1.807) is 0 Å². The highest BCUT2D eigenvalue weighted by Crippen LogP contribution is 2.36. The van der Waals surface area contributed by atoms with E-state index < -0.39 is 0 Å². The average Bonchev–Trinajstić information content (AvgIpc) is 3.22. The first-order chi connectivity index (χ1) is 8.65. The van der Waals surface area contributed by atoms with Crippen LogP contribution in [0.4, 0.5) is 0 Å². The topological polar surface area (TPSA) is 15.3 Å². The summed E-state index contributed by atoms with van der Waals surface area (Å²) < 4.78 is 0. The largest absolute Gasteiger partial charge is 0.311 e. The Morgan fingerprint density at radius 1 is 1.22 bits per heavy atom. The van der Waals surface area contributed by atoms with Gasteiger partial charge < -0.3 is 5.32 Å². The molecule has 2 rings (SSSR count). The van der Waals surface area contributed by atoms with E-state index in [9.17, 15) is 0 Å². The van der Waals surface area contributed by atoms with Crippen molar-refractivity contribution in [2.24, 2.45) is 11.8 Å². The molecule has 1 aliphatic heterocycles. The monoisotopic (exact) mass is 252 g/mol. The second-order valence-electron chi connectivity index (χ2n) is 6.65. The maximum absolute atomic E-state index is 3.84. The van der Waals surface area contributed by atoms with Crippen molar-refractivity contribution < 1.29 is 0 Å². The van der Waals surface area contributed by atoms with Crippen LogP contribution in [0.5, 0.6) is 0 Å². The third-order valence-corrected chi connectivity index (χ3v) is 5.60. The molecule has 0 radical (unpaired) electrons. The Bertz CT molecular complexity index is 256. The van der Waals surface area contributed by atoms with Crippen LogP contribution in [-0.4, -0.2) is 36.1 Å². The van der Waals surface area contributed by atoms with Gasteiger partial charge in [0, 0.05) is 31.2 Å². The molecule has 2 heteroatoms. The minimum atomic E-state index is 0.437. The molecule has 18 heavy (non-hydrogen) atoms. The summed E-state index contributed by atoms with van der Waals surface area (Å²) in [6, 6.07) is 0.708. The molecule has 1 saturated carbocycles. The van der Waals surface area contributed by atoms with Crippen LogP contribution in [0.3, 0.4) is 0 Å². The molecule has 106 valence electrons. The Morgan fingerprint density at radius 3 is 2.39 bits per heavy atom. The van der Waals surface area contributed by atoms with E-state index in [1.165, 1.54) is 51.7 Å². The van der Waals surface area contributed by atoms with Gasteiger partial charge in [-0.2, -0.15) is 0 Å². The highest BCUT2D eigenvalue weighted by atomic mass is 15.3. The smallest absolute Gasteiger partial charge is 0.0329 e. The summed E-state index contributed by atoms with van der Waals surface area (Å²) in [5.41, 5.74) is 0.437. The van der Waals surface area contributed by atoms with Gasteiger partial charge in [0.05, 0.1) is 0 Å². The Labute approximate surface area is 114 Å². The van der Waals surface area contributed by atoms with Crippen LogP contribution in [-0.2, 0) is 0 Å². The lowest BCUT2D eigenvalue weighted by Gasteiger charge is -2.51. The molecule has 1 heterocycles. The minimum Gasteiger partial charge on any atom is -0.311 e. The quantitative estimate of drug-likeness (QED) is 0.780. The molecule has 0 aromatic heterocycles. The van der Waals surface area contributed by atoms with Crippen LogP contribution in [0.15, 0.2) is 0 Å². The Balaban J connectivity index is 2.04. The fourth-order valence-electron chi connectivity index (χ4n) is 3.42. The summed E-state index contributed by atoms with van der Waals surface area (Å²) in [6.45, 7) is 13.3. The van der Waals surface area contributed by atoms with Crippen LogP contribution in [0.2, 0.25) is 0 Å². The summed E-state index contributed by atoms with van der Waals surface area (Å²) in [5, 5.41) is 3.84. The number of hydrogen-bond acceptors (Lipinski definition) is 2. The van der Waals surface area contributed by atoms with Gasteiger partial charge in [-0.05, 0) is 37.5 Å². The fourth-order valence-corrected chi connectivity index (χ4v) is 3.42. The molecule has 0 amide bonds. The fraction of sp³-hybridized carbons (Fsp3) is 1.00. The molecule has 0 bridgehead atoms. The maximum Gasteiger partial charge on any atom is 0.0329 e. The van der Waals surface area contributed by atoms with Gasteiger partial charge in [0.2, 0.25) is 0 Å². The van der Waals surface area contributed by atoms with Crippen molar-refractivity contribution in [3.05, 3.63) is 0 Å². The molecule has 2 atom stereocenters. The second-order valence-corrected chi connectivity index (χ2v) is 6.65.